The third kappa shape index (κ3) is 3.26. The summed E-state index contributed by atoms with van der Waals surface area (Å²) in [5.74, 6) is 2.13. The normalized spacial score (nSPS) is 22.5. The average molecular weight is 292 g/mol. The van der Waals surface area contributed by atoms with Gasteiger partial charge in [0.1, 0.15) is 0 Å². The van der Waals surface area contributed by atoms with Gasteiger partial charge in [-0.1, -0.05) is 0 Å². The summed E-state index contributed by atoms with van der Waals surface area (Å²) in [7, 11) is 0. The maximum absolute atomic E-state index is 3.49. The van der Waals surface area contributed by atoms with Crippen molar-refractivity contribution < 1.29 is 0 Å². The van der Waals surface area contributed by atoms with Gasteiger partial charge in [0.25, 0.3) is 0 Å². The van der Waals surface area contributed by atoms with E-state index in [0.717, 1.165) is 5.92 Å². The number of hydrogen-bond acceptors (Lipinski definition) is 3. The molecule has 14 heavy (non-hydrogen) atoms. The monoisotopic (exact) mass is 291 g/mol. The van der Waals surface area contributed by atoms with Crippen LogP contribution in [0, 0.1) is 5.92 Å². The van der Waals surface area contributed by atoms with Crippen LogP contribution in [0.3, 0.4) is 0 Å². The van der Waals surface area contributed by atoms with Gasteiger partial charge >= 0.3 is 0 Å². The van der Waals surface area contributed by atoms with Gasteiger partial charge in [-0.2, -0.15) is 0 Å². The van der Waals surface area contributed by atoms with E-state index in [0.29, 0.717) is 0 Å². The summed E-state index contributed by atoms with van der Waals surface area (Å²) in [6.07, 6.45) is 2.74. The smallest absolute Gasteiger partial charge is 0.0710 e. The lowest BCUT2D eigenvalue weighted by atomic mass is 10.0. The molecule has 1 fully saturated rings. The van der Waals surface area contributed by atoms with Crippen LogP contribution in [0.1, 0.15) is 12.8 Å². The SMILES string of the molecule is Brc1ccc(SCC2CCCNC2)s1. The van der Waals surface area contributed by atoms with Gasteiger partial charge in [-0.25, -0.2) is 0 Å². The zero-order valence-electron chi connectivity index (χ0n) is 7.96. The van der Waals surface area contributed by atoms with Crippen molar-refractivity contribution in [1.82, 2.24) is 5.32 Å². The van der Waals surface area contributed by atoms with Crippen LogP contribution in [0.4, 0.5) is 0 Å². The quantitative estimate of drug-likeness (QED) is 0.854. The largest absolute Gasteiger partial charge is 0.316 e. The highest BCUT2D eigenvalue weighted by Gasteiger charge is 2.13. The molecule has 1 aliphatic rings. The van der Waals surface area contributed by atoms with Gasteiger partial charge in [-0.3, -0.25) is 0 Å². The second-order valence-electron chi connectivity index (χ2n) is 3.58. The van der Waals surface area contributed by atoms with E-state index in [-0.39, 0.29) is 0 Å². The van der Waals surface area contributed by atoms with E-state index in [2.05, 4.69) is 33.4 Å². The maximum atomic E-state index is 3.49. The summed E-state index contributed by atoms with van der Waals surface area (Å²) in [5, 5.41) is 3.46. The average Bonchev–Trinajstić information content (AvgIpc) is 2.63. The minimum atomic E-state index is 0.870. The number of piperidine rings is 1. The summed E-state index contributed by atoms with van der Waals surface area (Å²) >= 11 is 7.32. The Kier molecular flexibility index (Phi) is 4.35. The Bertz CT molecular complexity index is 281. The molecule has 1 aliphatic heterocycles. The van der Waals surface area contributed by atoms with Crippen molar-refractivity contribution in [3.05, 3.63) is 15.9 Å². The molecule has 2 heterocycles. The van der Waals surface area contributed by atoms with Crippen LogP contribution in [0.25, 0.3) is 0 Å². The minimum absolute atomic E-state index is 0.870. The molecule has 1 nitrogen and oxygen atoms in total. The van der Waals surface area contributed by atoms with Gasteiger partial charge in [0.2, 0.25) is 0 Å². The van der Waals surface area contributed by atoms with Crippen LogP contribution < -0.4 is 5.32 Å². The van der Waals surface area contributed by atoms with Gasteiger partial charge in [0, 0.05) is 5.75 Å². The first kappa shape index (κ1) is 11.0. The molecule has 1 aromatic rings. The molecule has 0 amide bonds. The Morgan fingerprint density at radius 2 is 2.50 bits per heavy atom. The van der Waals surface area contributed by atoms with E-state index in [4.69, 9.17) is 0 Å². The van der Waals surface area contributed by atoms with E-state index in [9.17, 15) is 0 Å². The number of hydrogen-bond donors (Lipinski definition) is 1. The fraction of sp³-hybridized carbons (Fsp3) is 0.600. The van der Waals surface area contributed by atoms with Crippen LogP contribution in [-0.2, 0) is 0 Å². The van der Waals surface area contributed by atoms with E-state index < -0.39 is 0 Å². The first-order chi connectivity index (χ1) is 6.84. The molecule has 78 valence electrons. The van der Waals surface area contributed by atoms with E-state index >= 15 is 0 Å². The zero-order chi connectivity index (χ0) is 9.80. The number of halogens is 1. The Balaban J connectivity index is 1.76. The third-order valence-electron chi connectivity index (χ3n) is 2.41. The lowest BCUT2D eigenvalue weighted by molar-refractivity contribution is 0.410. The van der Waals surface area contributed by atoms with Crippen LogP contribution in [0.5, 0.6) is 0 Å². The van der Waals surface area contributed by atoms with Gasteiger partial charge in [-0.15, -0.1) is 23.1 Å². The molecule has 1 atom stereocenters. The Labute approximate surface area is 102 Å². The van der Waals surface area contributed by atoms with Crippen molar-refractivity contribution >= 4 is 39.0 Å². The molecule has 0 bridgehead atoms. The standard InChI is InChI=1S/C10H14BrNS2/c11-9-3-4-10(14-9)13-7-8-2-1-5-12-6-8/h3-4,8,12H,1-2,5-7H2. The molecular weight excluding hydrogens is 278 g/mol. The molecule has 0 radical (unpaired) electrons. The number of thioether (sulfide) groups is 1. The molecule has 0 aromatic carbocycles. The van der Waals surface area contributed by atoms with Crippen LogP contribution in [0.2, 0.25) is 0 Å². The molecule has 1 unspecified atom stereocenters. The predicted molar refractivity (Wildman–Crippen MR) is 68.3 cm³/mol. The van der Waals surface area contributed by atoms with Gasteiger partial charge in [0.05, 0.1) is 8.00 Å². The topological polar surface area (TPSA) is 12.0 Å². The van der Waals surface area contributed by atoms with Gasteiger partial charge in [-0.05, 0) is 59.9 Å². The fourth-order valence-corrected chi connectivity index (χ4v) is 4.64. The molecule has 0 aliphatic carbocycles. The predicted octanol–water partition coefficient (Wildman–Crippen LogP) is 3.60. The summed E-state index contributed by atoms with van der Waals surface area (Å²) in [5.41, 5.74) is 0. The van der Waals surface area contributed by atoms with E-state index in [1.54, 1.807) is 0 Å². The maximum Gasteiger partial charge on any atom is 0.0710 e. The van der Waals surface area contributed by atoms with Crippen molar-refractivity contribution in [1.29, 1.82) is 0 Å². The summed E-state index contributed by atoms with van der Waals surface area (Å²) < 4.78 is 2.67. The van der Waals surface area contributed by atoms with Crippen molar-refractivity contribution in [2.75, 3.05) is 18.8 Å². The lowest BCUT2D eigenvalue weighted by Gasteiger charge is -2.21. The highest BCUT2D eigenvalue weighted by atomic mass is 79.9. The summed E-state index contributed by atoms with van der Waals surface area (Å²) in [6, 6.07) is 4.34. The lowest BCUT2D eigenvalue weighted by Crippen LogP contribution is -2.30. The van der Waals surface area contributed by atoms with Crippen molar-refractivity contribution in [3.8, 4) is 0 Å². The third-order valence-corrected chi connectivity index (χ3v) is 5.49. The Morgan fingerprint density at radius 1 is 1.57 bits per heavy atom. The number of thiophene rings is 1. The highest BCUT2D eigenvalue weighted by molar-refractivity contribution is 9.11. The van der Waals surface area contributed by atoms with Crippen molar-refractivity contribution in [3.63, 3.8) is 0 Å². The van der Waals surface area contributed by atoms with Crippen LogP contribution in [0.15, 0.2) is 20.1 Å². The first-order valence-electron chi connectivity index (χ1n) is 4.93. The highest BCUT2D eigenvalue weighted by Crippen LogP contribution is 2.32. The molecule has 1 aromatic heterocycles. The molecule has 1 saturated heterocycles. The second-order valence-corrected chi connectivity index (χ2v) is 7.37. The summed E-state index contributed by atoms with van der Waals surface area (Å²) in [4.78, 5) is 0. The molecule has 1 N–H and O–H groups in total. The van der Waals surface area contributed by atoms with Gasteiger partial charge < -0.3 is 5.32 Å². The molecular formula is C10H14BrNS2. The second kappa shape index (κ2) is 5.54. The molecule has 0 spiro atoms. The molecule has 2 rings (SSSR count). The van der Waals surface area contributed by atoms with Gasteiger partial charge in [0.15, 0.2) is 0 Å². The van der Waals surface area contributed by atoms with Crippen LogP contribution >= 0.6 is 39.0 Å². The Morgan fingerprint density at radius 3 is 3.14 bits per heavy atom. The number of nitrogens with one attached hydrogen (secondary N) is 1. The molecule has 0 saturated carbocycles. The fourth-order valence-electron chi connectivity index (χ4n) is 1.64. The van der Waals surface area contributed by atoms with E-state index in [1.165, 1.54) is 39.7 Å². The van der Waals surface area contributed by atoms with Crippen LogP contribution in [-0.4, -0.2) is 18.8 Å². The number of rotatable bonds is 3. The Hall–Kier alpha value is 0.490. The minimum Gasteiger partial charge on any atom is -0.316 e. The zero-order valence-corrected chi connectivity index (χ0v) is 11.2. The van der Waals surface area contributed by atoms with E-state index in [1.807, 2.05) is 23.1 Å². The first-order valence-corrected chi connectivity index (χ1v) is 7.53. The van der Waals surface area contributed by atoms with Crippen molar-refractivity contribution in [2.24, 2.45) is 5.92 Å². The molecule has 4 heteroatoms. The van der Waals surface area contributed by atoms with Crippen molar-refractivity contribution in [2.45, 2.75) is 17.1 Å². The summed E-state index contributed by atoms with van der Waals surface area (Å²) in [6.45, 7) is 2.42.